The number of hydrogen-bond donors (Lipinski definition) is 2. The largest absolute Gasteiger partial charge is 0.384 e. The summed E-state index contributed by atoms with van der Waals surface area (Å²) in [5.74, 6) is -0.248. The van der Waals surface area contributed by atoms with Crippen LogP contribution in [0.25, 0.3) is 0 Å². The van der Waals surface area contributed by atoms with E-state index >= 15 is 0 Å². The molecule has 0 amide bonds. The molecule has 1 fully saturated rings. The molecule has 4 rings (SSSR count). The predicted octanol–water partition coefficient (Wildman–Crippen LogP) is 4.49. The van der Waals surface area contributed by atoms with Crippen molar-refractivity contribution >= 4 is 0 Å². The number of benzene rings is 3. The lowest BCUT2D eigenvalue weighted by Crippen LogP contribution is -2.91. The van der Waals surface area contributed by atoms with Gasteiger partial charge in [-0.25, -0.2) is 4.39 Å². The molecule has 144 valence electrons. The third-order valence-electron chi connectivity index (χ3n) is 6.21. The fourth-order valence-electron chi connectivity index (χ4n) is 4.85. The molecule has 3 N–H and O–H groups in total. The van der Waals surface area contributed by atoms with E-state index in [4.69, 9.17) is 0 Å². The summed E-state index contributed by atoms with van der Waals surface area (Å²) in [4.78, 5) is 0. The Labute approximate surface area is 166 Å². The van der Waals surface area contributed by atoms with Crippen LogP contribution in [-0.4, -0.2) is 5.11 Å². The van der Waals surface area contributed by atoms with Crippen molar-refractivity contribution in [3.05, 3.63) is 107 Å². The Morgan fingerprint density at radius 2 is 1.46 bits per heavy atom. The van der Waals surface area contributed by atoms with Gasteiger partial charge in [-0.15, -0.1) is 0 Å². The van der Waals surface area contributed by atoms with Gasteiger partial charge in [0, 0.05) is 23.5 Å². The van der Waals surface area contributed by atoms with E-state index in [2.05, 4.69) is 48.6 Å². The molecule has 3 aromatic rings. The zero-order chi connectivity index (χ0) is 19.6. The number of piperidine rings is 1. The average Bonchev–Trinajstić information content (AvgIpc) is 2.75. The Bertz CT molecular complexity index is 897. The van der Waals surface area contributed by atoms with Gasteiger partial charge in [0.05, 0.1) is 0 Å². The Kier molecular flexibility index (Phi) is 5.29. The van der Waals surface area contributed by atoms with Crippen LogP contribution in [0.5, 0.6) is 0 Å². The second-order valence-corrected chi connectivity index (χ2v) is 7.80. The zero-order valence-electron chi connectivity index (χ0n) is 16.1. The molecule has 0 radical (unpaired) electrons. The monoisotopic (exact) mass is 376 g/mol. The summed E-state index contributed by atoms with van der Waals surface area (Å²) in [6.07, 6.45) is 1.44. The molecule has 1 heterocycles. The summed E-state index contributed by atoms with van der Waals surface area (Å²) in [6.45, 7) is 2.13. The van der Waals surface area contributed by atoms with Crippen LogP contribution in [0.2, 0.25) is 0 Å². The number of quaternary nitrogens is 1. The van der Waals surface area contributed by atoms with Gasteiger partial charge >= 0.3 is 0 Å². The van der Waals surface area contributed by atoms with Gasteiger partial charge in [-0.2, -0.15) is 0 Å². The Balaban J connectivity index is 1.81. The van der Waals surface area contributed by atoms with Gasteiger partial charge in [0.25, 0.3) is 0 Å². The highest BCUT2D eigenvalue weighted by atomic mass is 19.1. The first-order valence-corrected chi connectivity index (χ1v) is 10.0. The molecule has 0 spiro atoms. The summed E-state index contributed by atoms with van der Waals surface area (Å²) in [7, 11) is 0. The van der Waals surface area contributed by atoms with Gasteiger partial charge in [-0.05, 0) is 24.1 Å². The topological polar surface area (TPSA) is 36.8 Å². The van der Waals surface area contributed by atoms with E-state index in [-0.39, 0.29) is 23.8 Å². The predicted molar refractivity (Wildman–Crippen MR) is 109 cm³/mol. The van der Waals surface area contributed by atoms with Crippen LogP contribution in [0.15, 0.2) is 84.9 Å². The van der Waals surface area contributed by atoms with E-state index in [1.165, 1.54) is 23.3 Å². The molecule has 1 aliphatic rings. The third-order valence-corrected chi connectivity index (χ3v) is 6.21. The van der Waals surface area contributed by atoms with Crippen molar-refractivity contribution in [3.63, 3.8) is 0 Å². The lowest BCUT2D eigenvalue weighted by molar-refractivity contribution is -0.758. The maximum Gasteiger partial charge on any atom is 0.123 e. The average molecular weight is 376 g/mol. The molecular formula is C25H27FNO+. The van der Waals surface area contributed by atoms with E-state index in [0.29, 0.717) is 6.42 Å². The molecule has 3 aromatic carbocycles. The number of halogens is 1. The van der Waals surface area contributed by atoms with E-state index in [0.717, 1.165) is 12.0 Å². The van der Waals surface area contributed by atoms with Crippen molar-refractivity contribution in [2.24, 2.45) is 5.92 Å². The van der Waals surface area contributed by atoms with Crippen LogP contribution in [0.1, 0.15) is 48.5 Å². The number of aliphatic hydroxyl groups is 1. The van der Waals surface area contributed by atoms with Crippen LogP contribution in [0.3, 0.4) is 0 Å². The normalized spacial score (nSPS) is 27.5. The highest BCUT2D eigenvalue weighted by Crippen LogP contribution is 2.46. The maximum absolute atomic E-state index is 13.6. The first-order chi connectivity index (χ1) is 13.6. The fraction of sp³-hybridized carbons (Fsp3) is 0.280. The van der Waals surface area contributed by atoms with Crippen molar-refractivity contribution in [3.8, 4) is 0 Å². The molecule has 0 bridgehead atoms. The van der Waals surface area contributed by atoms with Gasteiger partial charge < -0.3 is 10.4 Å². The maximum atomic E-state index is 13.6. The Hall–Kier alpha value is -2.49. The molecule has 1 aliphatic heterocycles. The van der Waals surface area contributed by atoms with Gasteiger partial charge in [-0.3, -0.25) is 0 Å². The van der Waals surface area contributed by atoms with Gasteiger partial charge in [-0.1, -0.05) is 79.7 Å². The van der Waals surface area contributed by atoms with Crippen LogP contribution in [-0.2, 0) is 5.60 Å². The minimum Gasteiger partial charge on any atom is -0.384 e. The van der Waals surface area contributed by atoms with Gasteiger partial charge in [0.15, 0.2) is 0 Å². The zero-order valence-corrected chi connectivity index (χ0v) is 16.1. The fourth-order valence-corrected chi connectivity index (χ4v) is 4.85. The molecule has 0 aliphatic carbocycles. The van der Waals surface area contributed by atoms with Crippen molar-refractivity contribution in [1.82, 2.24) is 0 Å². The summed E-state index contributed by atoms with van der Waals surface area (Å²) in [5.41, 5.74) is 2.21. The SMILES string of the molecule is CC[C@@H]1[C@@H](c2ccccc2)[NH2+][C@@H](c2ccccc2)C[C@@]1(O)c1ccc(F)cc1. The standard InChI is InChI=1S/C25H26FNO/c1-2-22-24(19-11-7-4-8-12-19)27-23(18-9-5-3-6-10-18)17-25(22,28)20-13-15-21(26)16-14-20/h3-16,22-24,27-28H,2,17H2,1H3/p+1/t22-,23-,24-,25-/m1/s1. The van der Waals surface area contributed by atoms with Crippen LogP contribution < -0.4 is 5.32 Å². The van der Waals surface area contributed by atoms with E-state index in [9.17, 15) is 9.50 Å². The molecule has 0 unspecified atom stereocenters. The van der Waals surface area contributed by atoms with E-state index in [1.54, 1.807) is 12.1 Å². The Morgan fingerprint density at radius 3 is 2.04 bits per heavy atom. The third kappa shape index (κ3) is 3.48. The highest BCUT2D eigenvalue weighted by molar-refractivity contribution is 5.29. The smallest absolute Gasteiger partial charge is 0.123 e. The van der Waals surface area contributed by atoms with Crippen LogP contribution >= 0.6 is 0 Å². The number of hydrogen-bond acceptors (Lipinski definition) is 1. The summed E-state index contributed by atoms with van der Waals surface area (Å²) >= 11 is 0. The minimum atomic E-state index is -1.02. The lowest BCUT2D eigenvalue weighted by Gasteiger charge is -2.46. The molecule has 3 heteroatoms. The second kappa shape index (κ2) is 7.86. The summed E-state index contributed by atoms with van der Waals surface area (Å²) < 4.78 is 13.6. The van der Waals surface area contributed by atoms with Crippen LogP contribution in [0, 0.1) is 11.7 Å². The first kappa shape index (κ1) is 18.9. The van der Waals surface area contributed by atoms with Crippen molar-refractivity contribution < 1.29 is 14.8 Å². The van der Waals surface area contributed by atoms with E-state index < -0.39 is 5.60 Å². The highest BCUT2D eigenvalue weighted by Gasteiger charge is 2.51. The van der Waals surface area contributed by atoms with Crippen molar-refractivity contribution in [1.29, 1.82) is 0 Å². The minimum absolute atomic E-state index is 0.0281. The molecule has 28 heavy (non-hydrogen) atoms. The van der Waals surface area contributed by atoms with E-state index in [1.807, 2.05) is 24.3 Å². The molecular weight excluding hydrogens is 349 g/mol. The first-order valence-electron chi connectivity index (χ1n) is 10.0. The Morgan fingerprint density at radius 1 is 0.893 bits per heavy atom. The summed E-state index contributed by atoms with van der Waals surface area (Å²) in [6, 6.07) is 27.4. The molecule has 4 atom stereocenters. The second-order valence-electron chi connectivity index (χ2n) is 7.80. The quantitative estimate of drug-likeness (QED) is 0.692. The molecule has 0 aromatic heterocycles. The lowest BCUT2D eigenvalue weighted by atomic mass is 9.67. The number of rotatable bonds is 4. The number of nitrogens with two attached hydrogens (primary N) is 1. The summed E-state index contributed by atoms with van der Waals surface area (Å²) in [5, 5.41) is 14.4. The van der Waals surface area contributed by atoms with Crippen LogP contribution in [0.4, 0.5) is 4.39 Å². The van der Waals surface area contributed by atoms with Crippen molar-refractivity contribution in [2.45, 2.75) is 37.5 Å². The molecule has 0 saturated carbocycles. The van der Waals surface area contributed by atoms with Gasteiger partial charge in [0.2, 0.25) is 0 Å². The van der Waals surface area contributed by atoms with Gasteiger partial charge in [0.1, 0.15) is 23.5 Å². The van der Waals surface area contributed by atoms with Crippen molar-refractivity contribution in [2.75, 3.05) is 0 Å². The molecule has 2 nitrogen and oxygen atoms in total. The molecule has 1 saturated heterocycles.